The lowest BCUT2D eigenvalue weighted by Crippen LogP contribution is -2.17. The summed E-state index contributed by atoms with van der Waals surface area (Å²) in [6.07, 6.45) is 2.50. The minimum Gasteiger partial charge on any atom is -0.490 e. The number of benzene rings is 2. The Bertz CT molecular complexity index is 1410. The van der Waals surface area contributed by atoms with Crippen LogP contribution in [-0.4, -0.2) is 36.9 Å². The van der Waals surface area contributed by atoms with Crippen LogP contribution in [0.15, 0.2) is 76.2 Å². The molecule has 2 heterocycles. The summed E-state index contributed by atoms with van der Waals surface area (Å²) in [4.78, 5) is 14.6. The van der Waals surface area contributed by atoms with E-state index in [2.05, 4.69) is 48.0 Å². The largest absolute Gasteiger partial charge is 0.490 e. The van der Waals surface area contributed by atoms with Gasteiger partial charge in [-0.3, -0.25) is 4.79 Å². The molecule has 2 aromatic carbocycles. The highest BCUT2D eigenvalue weighted by molar-refractivity contribution is 5.93. The number of hydrogen-bond acceptors (Lipinski definition) is 6. The number of furan rings is 1. The summed E-state index contributed by atoms with van der Waals surface area (Å²) >= 11 is 0. The Kier molecular flexibility index (Phi) is 8.76. The van der Waals surface area contributed by atoms with Crippen molar-refractivity contribution in [2.24, 2.45) is 5.10 Å². The summed E-state index contributed by atoms with van der Waals surface area (Å²) in [5.74, 6) is 1.66. The van der Waals surface area contributed by atoms with E-state index in [0.717, 1.165) is 23.4 Å². The number of carbonyl (C=O) groups excluding carboxylic acids is 1. The third kappa shape index (κ3) is 6.90. The molecular formula is C31H36N4O4. The predicted molar refractivity (Wildman–Crippen MR) is 154 cm³/mol. The molecule has 2 aromatic heterocycles. The first-order valence-electron chi connectivity index (χ1n) is 13.0. The van der Waals surface area contributed by atoms with Gasteiger partial charge in [0.1, 0.15) is 23.9 Å². The van der Waals surface area contributed by atoms with Crippen molar-refractivity contribution in [1.82, 2.24) is 9.99 Å². The highest BCUT2D eigenvalue weighted by Crippen LogP contribution is 2.25. The van der Waals surface area contributed by atoms with E-state index in [-0.39, 0.29) is 18.5 Å². The summed E-state index contributed by atoms with van der Waals surface area (Å²) in [5, 5.41) is 4.12. The zero-order valence-electron chi connectivity index (χ0n) is 23.4. The van der Waals surface area contributed by atoms with E-state index >= 15 is 0 Å². The maximum atomic E-state index is 12.6. The molecule has 4 aromatic rings. The number of hydrazone groups is 1. The topological polar surface area (TPSA) is 81.2 Å². The van der Waals surface area contributed by atoms with Gasteiger partial charge in [-0.05, 0) is 87.9 Å². The Morgan fingerprint density at radius 1 is 1.05 bits per heavy atom. The summed E-state index contributed by atoms with van der Waals surface area (Å²) in [7, 11) is 3.95. The molecule has 39 heavy (non-hydrogen) atoms. The Morgan fingerprint density at radius 3 is 2.44 bits per heavy atom. The number of rotatable bonds is 11. The fraction of sp³-hybridized carbons (Fsp3) is 0.290. The van der Waals surface area contributed by atoms with E-state index in [9.17, 15) is 4.79 Å². The lowest BCUT2D eigenvalue weighted by atomic mass is 10.2. The van der Waals surface area contributed by atoms with Crippen molar-refractivity contribution < 1.29 is 18.7 Å². The Balaban J connectivity index is 1.34. The van der Waals surface area contributed by atoms with E-state index in [4.69, 9.17) is 13.9 Å². The third-order valence-corrected chi connectivity index (χ3v) is 6.42. The molecule has 0 aliphatic heterocycles. The number of anilines is 1. The standard InChI is InChI=1S/C31H36N4O4/c1-7-23(4)38-30-18-26(34(5)6)11-10-24(30)19-32-33-31(36)29-17-16-28(39-29)20-37-27-14-12-25(13-15-27)35-21(2)8-9-22(35)3/h8-19,23H,7,20H2,1-6H3,(H,33,36)/b32-19+/t23-/m0/s1. The Hall–Kier alpha value is -4.46. The Labute approximate surface area is 229 Å². The first kappa shape index (κ1) is 27.6. The van der Waals surface area contributed by atoms with Gasteiger partial charge in [-0.2, -0.15) is 5.10 Å². The number of aromatic nitrogens is 1. The number of aryl methyl sites for hydroxylation is 2. The van der Waals surface area contributed by atoms with E-state index in [1.54, 1.807) is 18.3 Å². The lowest BCUT2D eigenvalue weighted by Gasteiger charge is -2.18. The molecule has 1 N–H and O–H groups in total. The molecule has 0 unspecified atom stereocenters. The molecule has 8 heteroatoms. The van der Waals surface area contributed by atoms with Crippen LogP contribution in [0.2, 0.25) is 0 Å². The third-order valence-electron chi connectivity index (χ3n) is 6.42. The SMILES string of the molecule is CC[C@H](C)Oc1cc(N(C)C)ccc1/C=N/NC(=O)c1ccc(COc2ccc(-n3c(C)ccc3C)cc2)o1. The molecule has 0 radical (unpaired) electrons. The highest BCUT2D eigenvalue weighted by Gasteiger charge is 2.12. The Morgan fingerprint density at radius 2 is 1.77 bits per heavy atom. The van der Waals surface area contributed by atoms with Gasteiger partial charge < -0.3 is 23.4 Å². The zero-order chi connectivity index (χ0) is 27.9. The second-order valence-corrected chi connectivity index (χ2v) is 9.65. The predicted octanol–water partition coefficient (Wildman–Crippen LogP) is 6.27. The maximum Gasteiger partial charge on any atom is 0.307 e. The number of carbonyl (C=O) groups is 1. The summed E-state index contributed by atoms with van der Waals surface area (Å²) in [6.45, 7) is 8.44. The fourth-order valence-electron chi connectivity index (χ4n) is 4.02. The molecule has 1 atom stereocenters. The van der Waals surface area contributed by atoms with Gasteiger partial charge in [0.05, 0.1) is 12.3 Å². The van der Waals surface area contributed by atoms with Gasteiger partial charge in [0.15, 0.2) is 5.76 Å². The molecule has 0 fully saturated rings. The molecular weight excluding hydrogens is 492 g/mol. The molecule has 1 amide bonds. The van der Waals surface area contributed by atoms with Gasteiger partial charge in [0.25, 0.3) is 0 Å². The zero-order valence-corrected chi connectivity index (χ0v) is 23.4. The van der Waals surface area contributed by atoms with Crippen molar-refractivity contribution in [3.05, 3.63) is 95.2 Å². The lowest BCUT2D eigenvalue weighted by molar-refractivity contribution is 0.0923. The monoisotopic (exact) mass is 528 g/mol. The van der Waals surface area contributed by atoms with Gasteiger partial charge in [-0.25, -0.2) is 5.43 Å². The second-order valence-electron chi connectivity index (χ2n) is 9.65. The van der Waals surface area contributed by atoms with Gasteiger partial charge in [0, 0.05) is 48.5 Å². The van der Waals surface area contributed by atoms with Crippen LogP contribution in [0.1, 0.15) is 53.5 Å². The maximum absolute atomic E-state index is 12.6. The van der Waals surface area contributed by atoms with Gasteiger partial charge in [-0.15, -0.1) is 0 Å². The smallest absolute Gasteiger partial charge is 0.307 e. The minimum atomic E-state index is -0.450. The molecule has 0 saturated heterocycles. The van der Waals surface area contributed by atoms with Crippen LogP contribution in [-0.2, 0) is 6.61 Å². The minimum absolute atomic E-state index is 0.0543. The van der Waals surface area contributed by atoms with E-state index in [0.29, 0.717) is 17.3 Å². The normalized spacial score (nSPS) is 11.9. The highest BCUT2D eigenvalue weighted by atomic mass is 16.5. The first-order chi connectivity index (χ1) is 18.7. The molecule has 0 bridgehead atoms. The van der Waals surface area contributed by atoms with Crippen LogP contribution in [0, 0.1) is 13.8 Å². The molecule has 0 saturated carbocycles. The molecule has 0 spiro atoms. The molecule has 204 valence electrons. The van der Waals surface area contributed by atoms with Crippen molar-refractivity contribution in [2.75, 3.05) is 19.0 Å². The van der Waals surface area contributed by atoms with Crippen molar-refractivity contribution in [2.45, 2.75) is 46.8 Å². The van der Waals surface area contributed by atoms with E-state index < -0.39 is 5.91 Å². The van der Waals surface area contributed by atoms with E-state index in [1.165, 1.54) is 11.4 Å². The molecule has 0 aliphatic carbocycles. The molecule has 0 aliphatic rings. The van der Waals surface area contributed by atoms with Gasteiger partial charge in [-0.1, -0.05) is 6.92 Å². The number of nitrogens with zero attached hydrogens (tertiary/aromatic N) is 3. The fourth-order valence-corrected chi connectivity index (χ4v) is 4.02. The second kappa shape index (κ2) is 12.4. The van der Waals surface area contributed by atoms with Gasteiger partial charge >= 0.3 is 5.91 Å². The number of ether oxygens (including phenoxy) is 2. The average Bonchev–Trinajstić information content (AvgIpc) is 3.54. The van der Waals surface area contributed by atoms with Crippen LogP contribution in [0.5, 0.6) is 11.5 Å². The van der Waals surface area contributed by atoms with Crippen molar-refractivity contribution >= 4 is 17.8 Å². The van der Waals surface area contributed by atoms with Crippen molar-refractivity contribution in [3.63, 3.8) is 0 Å². The number of nitrogens with one attached hydrogen (secondary N) is 1. The van der Waals surface area contributed by atoms with Crippen molar-refractivity contribution in [1.29, 1.82) is 0 Å². The van der Waals surface area contributed by atoms with Crippen LogP contribution in [0.4, 0.5) is 5.69 Å². The molecule has 8 nitrogen and oxygen atoms in total. The van der Waals surface area contributed by atoms with Crippen LogP contribution in [0.3, 0.4) is 0 Å². The van der Waals surface area contributed by atoms with Crippen LogP contribution < -0.4 is 19.8 Å². The summed E-state index contributed by atoms with van der Waals surface area (Å²) < 4.78 is 19.8. The number of hydrogen-bond donors (Lipinski definition) is 1. The quantitative estimate of drug-likeness (QED) is 0.183. The number of amides is 1. The summed E-state index contributed by atoms with van der Waals surface area (Å²) in [5.41, 5.74) is 7.73. The van der Waals surface area contributed by atoms with E-state index in [1.807, 2.05) is 68.4 Å². The van der Waals surface area contributed by atoms with Gasteiger partial charge in [0.2, 0.25) is 0 Å². The van der Waals surface area contributed by atoms with Crippen LogP contribution >= 0.6 is 0 Å². The summed E-state index contributed by atoms with van der Waals surface area (Å²) in [6, 6.07) is 21.2. The molecule has 4 rings (SSSR count). The average molecular weight is 529 g/mol. The van der Waals surface area contributed by atoms with Crippen molar-refractivity contribution in [3.8, 4) is 17.2 Å². The van der Waals surface area contributed by atoms with Crippen LogP contribution in [0.25, 0.3) is 5.69 Å². The first-order valence-corrected chi connectivity index (χ1v) is 13.0.